The second-order valence-electron chi connectivity index (χ2n) is 6.82. The van der Waals surface area contributed by atoms with Crippen molar-refractivity contribution in [1.29, 1.82) is 0 Å². The van der Waals surface area contributed by atoms with E-state index in [4.69, 9.17) is 0 Å². The number of rotatable bonds is 10. The van der Waals surface area contributed by atoms with Crippen LogP contribution in [0.2, 0.25) is 0 Å². The predicted molar refractivity (Wildman–Crippen MR) is 107 cm³/mol. The number of nitrogens with zero attached hydrogens (tertiary/aromatic N) is 1. The van der Waals surface area contributed by atoms with Gasteiger partial charge in [-0.05, 0) is 37.1 Å². The summed E-state index contributed by atoms with van der Waals surface area (Å²) in [7, 11) is 0. The van der Waals surface area contributed by atoms with Crippen LogP contribution in [0.5, 0.6) is 0 Å². The number of carbonyl (C=O) groups excluding carboxylic acids is 4. The fourth-order valence-corrected chi connectivity index (χ4v) is 2.97. The van der Waals surface area contributed by atoms with Crippen molar-refractivity contribution in [3.8, 4) is 0 Å². The Bertz CT molecular complexity index is 701. The van der Waals surface area contributed by atoms with Gasteiger partial charge >= 0.3 is 6.03 Å². The summed E-state index contributed by atoms with van der Waals surface area (Å²) in [6, 6.07) is 6.40. The van der Waals surface area contributed by atoms with Crippen LogP contribution in [-0.2, 0) is 14.4 Å². The maximum Gasteiger partial charge on any atom is 0.324 e. The predicted octanol–water partition coefficient (Wildman–Crippen LogP) is 2.72. The first-order valence-corrected chi connectivity index (χ1v) is 9.73. The molecule has 0 bridgehead atoms. The standard InChI is InChI=1S/C20H28N4O4/c1-3-5-6-14(4-2)19(27)23-16-9-7-15(8-10-16)22-17(25)11-12-24-18(26)13-21-20(24)28/h7-10,14H,3-6,11-13H2,1-2H3,(H,21,28)(H,22,25)(H,23,27). The molecule has 0 radical (unpaired) electrons. The summed E-state index contributed by atoms with van der Waals surface area (Å²) in [4.78, 5) is 48.3. The van der Waals surface area contributed by atoms with Gasteiger partial charge in [-0.25, -0.2) is 4.79 Å². The molecular weight excluding hydrogens is 360 g/mol. The Morgan fingerprint density at radius 3 is 2.29 bits per heavy atom. The highest BCUT2D eigenvalue weighted by Gasteiger charge is 2.28. The lowest BCUT2D eigenvalue weighted by Crippen LogP contribution is -2.33. The molecule has 0 saturated carbocycles. The second kappa shape index (κ2) is 10.4. The van der Waals surface area contributed by atoms with Crippen molar-refractivity contribution < 1.29 is 19.2 Å². The van der Waals surface area contributed by atoms with Gasteiger partial charge in [0.05, 0.1) is 6.54 Å². The van der Waals surface area contributed by atoms with Crippen molar-refractivity contribution in [3.05, 3.63) is 24.3 Å². The van der Waals surface area contributed by atoms with Crippen LogP contribution in [0.25, 0.3) is 0 Å². The molecule has 5 amide bonds. The van der Waals surface area contributed by atoms with Crippen molar-refractivity contribution in [3.63, 3.8) is 0 Å². The highest BCUT2D eigenvalue weighted by Crippen LogP contribution is 2.18. The van der Waals surface area contributed by atoms with E-state index in [9.17, 15) is 19.2 Å². The minimum Gasteiger partial charge on any atom is -0.329 e. The molecule has 0 aromatic heterocycles. The number of hydrogen-bond donors (Lipinski definition) is 3. The monoisotopic (exact) mass is 388 g/mol. The molecule has 28 heavy (non-hydrogen) atoms. The second-order valence-corrected chi connectivity index (χ2v) is 6.82. The van der Waals surface area contributed by atoms with Gasteiger partial charge < -0.3 is 16.0 Å². The number of anilines is 2. The van der Waals surface area contributed by atoms with Crippen LogP contribution >= 0.6 is 0 Å². The van der Waals surface area contributed by atoms with E-state index in [-0.39, 0.29) is 43.1 Å². The Labute approximate surface area is 165 Å². The summed E-state index contributed by atoms with van der Waals surface area (Å²) < 4.78 is 0. The molecule has 8 nitrogen and oxygen atoms in total. The first-order valence-electron chi connectivity index (χ1n) is 9.73. The molecule has 1 aromatic carbocycles. The van der Waals surface area contributed by atoms with Gasteiger partial charge in [0.2, 0.25) is 17.7 Å². The SMILES string of the molecule is CCCCC(CC)C(=O)Nc1ccc(NC(=O)CCN2C(=O)CNC2=O)cc1. The maximum absolute atomic E-state index is 12.3. The molecule has 1 aromatic rings. The summed E-state index contributed by atoms with van der Waals surface area (Å²) in [5.74, 6) is -0.608. The van der Waals surface area contributed by atoms with Gasteiger partial charge in [0.15, 0.2) is 0 Å². The number of hydrogen-bond acceptors (Lipinski definition) is 4. The zero-order valence-electron chi connectivity index (χ0n) is 16.4. The molecule has 152 valence electrons. The highest BCUT2D eigenvalue weighted by atomic mass is 16.2. The molecule has 1 saturated heterocycles. The molecule has 0 spiro atoms. The van der Waals surface area contributed by atoms with E-state index in [2.05, 4.69) is 22.9 Å². The Morgan fingerprint density at radius 1 is 1.11 bits per heavy atom. The van der Waals surface area contributed by atoms with Crippen LogP contribution in [0.1, 0.15) is 46.0 Å². The van der Waals surface area contributed by atoms with E-state index in [1.165, 1.54) is 0 Å². The molecule has 1 heterocycles. The average Bonchev–Trinajstić information content (AvgIpc) is 3.00. The normalized spacial score (nSPS) is 14.6. The fourth-order valence-electron chi connectivity index (χ4n) is 2.97. The third-order valence-corrected chi connectivity index (χ3v) is 4.71. The van der Waals surface area contributed by atoms with Crippen LogP contribution in [0.4, 0.5) is 16.2 Å². The quantitative estimate of drug-likeness (QED) is 0.536. The van der Waals surface area contributed by atoms with E-state index in [0.717, 1.165) is 30.6 Å². The number of carbonyl (C=O) groups is 4. The average molecular weight is 388 g/mol. The van der Waals surface area contributed by atoms with E-state index in [1.807, 2.05) is 6.92 Å². The summed E-state index contributed by atoms with van der Waals surface area (Å²) in [5, 5.41) is 8.04. The van der Waals surface area contributed by atoms with Crippen LogP contribution < -0.4 is 16.0 Å². The van der Waals surface area contributed by atoms with E-state index >= 15 is 0 Å². The van der Waals surface area contributed by atoms with Gasteiger partial charge in [-0.1, -0.05) is 26.7 Å². The molecule has 1 aliphatic rings. The van der Waals surface area contributed by atoms with Crippen LogP contribution in [-0.4, -0.2) is 41.7 Å². The first kappa shape index (κ1) is 21.4. The number of unbranched alkanes of at least 4 members (excludes halogenated alkanes) is 1. The molecule has 3 N–H and O–H groups in total. The van der Waals surface area contributed by atoms with Crippen molar-refractivity contribution in [2.45, 2.75) is 46.0 Å². The molecule has 2 rings (SSSR count). The topological polar surface area (TPSA) is 108 Å². The molecule has 1 unspecified atom stereocenters. The Balaban J connectivity index is 1.81. The minimum atomic E-state index is -0.470. The van der Waals surface area contributed by atoms with Crippen molar-refractivity contribution in [1.82, 2.24) is 10.2 Å². The number of benzene rings is 1. The Hall–Kier alpha value is -2.90. The largest absolute Gasteiger partial charge is 0.329 e. The van der Waals surface area contributed by atoms with Gasteiger partial charge in [-0.15, -0.1) is 0 Å². The zero-order chi connectivity index (χ0) is 20.5. The summed E-state index contributed by atoms with van der Waals surface area (Å²) in [6.07, 6.45) is 3.80. The number of amides is 5. The van der Waals surface area contributed by atoms with Crippen molar-refractivity contribution in [2.75, 3.05) is 23.7 Å². The first-order chi connectivity index (χ1) is 13.4. The van der Waals surface area contributed by atoms with Crippen LogP contribution in [0.15, 0.2) is 24.3 Å². The summed E-state index contributed by atoms with van der Waals surface area (Å²) in [6.45, 7) is 4.14. The van der Waals surface area contributed by atoms with Gasteiger partial charge in [-0.2, -0.15) is 0 Å². The minimum absolute atomic E-state index is 0.00447. The van der Waals surface area contributed by atoms with Gasteiger partial charge in [-0.3, -0.25) is 19.3 Å². The van der Waals surface area contributed by atoms with E-state index in [1.54, 1.807) is 24.3 Å². The number of urea groups is 1. The smallest absolute Gasteiger partial charge is 0.324 e. The summed E-state index contributed by atoms with van der Waals surface area (Å²) in [5.41, 5.74) is 1.26. The Kier molecular flexibility index (Phi) is 7.98. The summed E-state index contributed by atoms with van der Waals surface area (Å²) >= 11 is 0. The maximum atomic E-state index is 12.3. The van der Waals surface area contributed by atoms with E-state index in [0.29, 0.717) is 11.4 Å². The molecule has 8 heteroatoms. The third-order valence-electron chi connectivity index (χ3n) is 4.71. The van der Waals surface area contributed by atoms with Crippen LogP contribution in [0, 0.1) is 5.92 Å². The molecule has 1 aliphatic heterocycles. The Morgan fingerprint density at radius 2 is 1.75 bits per heavy atom. The highest BCUT2D eigenvalue weighted by molar-refractivity contribution is 6.02. The molecular formula is C20H28N4O4. The molecule has 1 fully saturated rings. The molecule has 0 aliphatic carbocycles. The van der Waals surface area contributed by atoms with Crippen LogP contribution in [0.3, 0.4) is 0 Å². The van der Waals surface area contributed by atoms with Gasteiger partial charge in [0.1, 0.15) is 0 Å². The fraction of sp³-hybridized carbons (Fsp3) is 0.500. The van der Waals surface area contributed by atoms with Gasteiger partial charge in [0.25, 0.3) is 0 Å². The number of imide groups is 1. The lowest BCUT2D eigenvalue weighted by Gasteiger charge is -2.15. The van der Waals surface area contributed by atoms with E-state index < -0.39 is 6.03 Å². The van der Waals surface area contributed by atoms with Crippen molar-refractivity contribution >= 4 is 35.1 Å². The number of nitrogens with one attached hydrogen (secondary N) is 3. The molecule has 1 atom stereocenters. The third kappa shape index (κ3) is 6.07. The lowest BCUT2D eigenvalue weighted by molar-refractivity contribution is -0.125. The van der Waals surface area contributed by atoms with Crippen molar-refractivity contribution in [2.24, 2.45) is 5.92 Å². The lowest BCUT2D eigenvalue weighted by atomic mass is 9.98. The van der Waals surface area contributed by atoms with Gasteiger partial charge in [0, 0.05) is 30.3 Å². The zero-order valence-corrected chi connectivity index (χ0v) is 16.4.